The molecule has 2 aliphatic carbocycles. The monoisotopic (exact) mass is 334 g/mol. The molecule has 2 aliphatic rings. The summed E-state index contributed by atoms with van der Waals surface area (Å²) in [4.78, 5) is 26.9. The van der Waals surface area contributed by atoms with Crippen molar-refractivity contribution in [3.05, 3.63) is 28.7 Å². The number of nitrogens with one attached hydrogen (secondary N) is 1. The largest absolute Gasteiger partial charge is 0.371 e. The maximum atomic E-state index is 11.4. The van der Waals surface area contributed by atoms with Crippen LogP contribution in [0.2, 0.25) is 0 Å². The number of hydroxylamine groups is 1. The van der Waals surface area contributed by atoms with Crippen molar-refractivity contribution in [3.63, 3.8) is 0 Å². The number of rotatable bonds is 9. The van der Waals surface area contributed by atoms with Crippen LogP contribution >= 0.6 is 0 Å². The summed E-state index contributed by atoms with van der Waals surface area (Å²) in [6.45, 7) is 2.32. The number of hydrogen-bond acceptors (Lipinski definition) is 5. The van der Waals surface area contributed by atoms with Gasteiger partial charge in [-0.1, -0.05) is 43.2 Å². The van der Waals surface area contributed by atoms with Crippen molar-refractivity contribution in [3.8, 4) is 0 Å². The number of fused-ring (bicyclic) bond motifs is 1. The summed E-state index contributed by atoms with van der Waals surface area (Å²) < 4.78 is 0. The third-order valence-corrected chi connectivity index (χ3v) is 5.40. The maximum Gasteiger partial charge on any atom is 0.327 e. The Labute approximate surface area is 144 Å². The number of unbranched alkanes of at least 4 members (excludes halogenated alkanes) is 1. The van der Waals surface area contributed by atoms with Crippen LogP contribution in [0, 0.1) is 22.7 Å². The average molecular weight is 334 g/mol. The average Bonchev–Trinajstić information content (AvgIpc) is 2.59. The summed E-state index contributed by atoms with van der Waals surface area (Å²) in [6.07, 6.45) is 14.8. The van der Waals surface area contributed by atoms with E-state index in [0.29, 0.717) is 24.2 Å². The molecule has 0 fully saturated rings. The van der Waals surface area contributed by atoms with E-state index in [2.05, 4.69) is 40.6 Å². The van der Waals surface area contributed by atoms with Gasteiger partial charge in [0.2, 0.25) is 0 Å². The first-order valence-corrected chi connectivity index (χ1v) is 9.22. The van der Waals surface area contributed by atoms with E-state index in [9.17, 15) is 9.70 Å². The van der Waals surface area contributed by atoms with Gasteiger partial charge in [-0.15, -0.1) is 0 Å². The first kappa shape index (κ1) is 18.8. The summed E-state index contributed by atoms with van der Waals surface area (Å²) in [5, 5.41) is 3.08. The molecule has 0 bridgehead atoms. The summed E-state index contributed by atoms with van der Waals surface area (Å²) >= 11 is 0. The highest BCUT2D eigenvalue weighted by molar-refractivity contribution is 5.69. The van der Waals surface area contributed by atoms with Gasteiger partial charge in [0.25, 0.3) is 0 Å². The number of nitrogens with zero attached hydrogens (tertiary/aromatic N) is 1. The van der Waals surface area contributed by atoms with E-state index in [-0.39, 0.29) is 6.42 Å². The Morgan fingerprint density at radius 3 is 3.04 bits per heavy atom. The smallest absolute Gasteiger partial charge is 0.327 e. The molecule has 0 amide bonds. The van der Waals surface area contributed by atoms with Gasteiger partial charge in [-0.2, -0.15) is 10.4 Å². The fourth-order valence-corrected chi connectivity index (χ4v) is 4.11. The zero-order valence-corrected chi connectivity index (χ0v) is 14.9. The quantitative estimate of drug-likeness (QED) is 0.388. The van der Waals surface area contributed by atoms with Gasteiger partial charge in [-0.25, -0.2) is 0 Å². The van der Waals surface area contributed by atoms with Crippen LogP contribution in [0.15, 0.2) is 29.0 Å². The third-order valence-electron chi connectivity index (χ3n) is 5.40. The van der Waals surface area contributed by atoms with Crippen molar-refractivity contribution in [2.24, 2.45) is 22.9 Å². The van der Waals surface area contributed by atoms with Gasteiger partial charge in [-0.3, -0.25) is 4.79 Å². The Hall–Kier alpha value is -1.49. The van der Waals surface area contributed by atoms with E-state index < -0.39 is 12.0 Å². The molecule has 2 rings (SSSR count). The number of hydrogen-bond donors (Lipinski definition) is 1. The van der Waals surface area contributed by atoms with Gasteiger partial charge >= 0.3 is 5.97 Å². The first-order chi connectivity index (χ1) is 11.7. The summed E-state index contributed by atoms with van der Waals surface area (Å²) in [7, 11) is 1.52. The van der Waals surface area contributed by atoms with Crippen LogP contribution in [0.3, 0.4) is 0 Å². The highest BCUT2D eigenvalue weighted by Gasteiger charge is 2.31. The molecule has 1 N–H and O–H groups in total. The Morgan fingerprint density at radius 1 is 1.46 bits per heavy atom. The van der Waals surface area contributed by atoms with Gasteiger partial charge < -0.3 is 4.84 Å². The van der Waals surface area contributed by atoms with Gasteiger partial charge in [0, 0.05) is 7.05 Å². The molecule has 0 saturated carbocycles. The molecular formula is C19H30N2O3. The topological polar surface area (TPSA) is 67.8 Å². The lowest BCUT2D eigenvalue weighted by atomic mass is 9.68. The number of carbonyl (C=O) groups excluding carboxylic acids is 1. The van der Waals surface area contributed by atoms with E-state index in [1.807, 2.05) is 0 Å². The number of carbonyl (C=O) groups is 1. The second kappa shape index (κ2) is 9.72. The Balaban J connectivity index is 1.75. The minimum atomic E-state index is -0.473. The van der Waals surface area contributed by atoms with Crippen LogP contribution in [0.25, 0.3) is 0 Å². The van der Waals surface area contributed by atoms with Crippen LogP contribution in [0.1, 0.15) is 58.3 Å². The van der Waals surface area contributed by atoms with Crippen molar-refractivity contribution in [2.45, 2.75) is 64.3 Å². The molecule has 0 aromatic carbocycles. The standard InChI is InChI=1S/C19H30N2O3/c1-14-11-12-15-7-3-5-10-18(15)17(14)9-6-4-8-16(21-23)13-19(22)24-20-2/h7,11-12,14,16-18,20H,3-6,8-10,13H2,1-2H3. The number of nitroso groups, excluding NO2 is 1. The van der Waals surface area contributed by atoms with Gasteiger partial charge in [0.15, 0.2) is 0 Å². The SMILES string of the molecule is CNOC(=O)CC(CCCCC1C(C)C=CC2=CCCCC21)N=O. The van der Waals surface area contributed by atoms with Gasteiger partial charge in [0.1, 0.15) is 6.04 Å². The fourth-order valence-electron chi connectivity index (χ4n) is 4.11. The third kappa shape index (κ3) is 5.26. The zero-order chi connectivity index (χ0) is 17.4. The van der Waals surface area contributed by atoms with Crippen LogP contribution < -0.4 is 5.48 Å². The first-order valence-electron chi connectivity index (χ1n) is 9.22. The lowest BCUT2D eigenvalue weighted by molar-refractivity contribution is -0.150. The van der Waals surface area contributed by atoms with E-state index in [1.165, 1.54) is 38.3 Å². The van der Waals surface area contributed by atoms with Crippen molar-refractivity contribution in [2.75, 3.05) is 7.05 Å². The van der Waals surface area contributed by atoms with Crippen molar-refractivity contribution >= 4 is 5.97 Å². The Bertz CT molecular complexity index is 487. The molecule has 5 heteroatoms. The van der Waals surface area contributed by atoms with Crippen LogP contribution in [-0.4, -0.2) is 19.1 Å². The fraction of sp³-hybridized carbons (Fsp3) is 0.737. The van der Waals surface area contributed by atoms with E-state index >= 15 is 0 Å². The van der Waals surface area contributed by atoms with E-state index in [1.54, 1.807) is 0 Å². The number of allylic oxidation sites excluding steroid dienone is 4. The van der Waals surface area contributed by atoms with Gasteiger partial charge in [-0.05, 0) is 55.4 Å². The molecule has 0 spiro atoms. The normalized spacial score (nSPS) is 27.1. The molecule has 24 heavy (non-hydrogen) atoms. The van der Waals surface area contributed by atoms with E-state index in [4.69, 9.17) is 0 Å². The zero-order valence-electron chi connectivity index (χ0n) is 14.9. The Morgan fingerprint density at radius 2 is 2.29 bits per heavy atom. The molecule has 0 heterocycles. The highest BCUT2D eigenvalue weighted by atomic mass is 16.7. The predicted molar refractivity (Wildman–Crippen MR) is 95.0 cm³/mol. The minimum Gasteiger partial charge on any atom is -0.371 e. The minimum absolute atomic E-state index is 0.0580. The summed E-state index contributed by atoms with van der Waals surface area (Å²) in [5.74, 6) is 1.61. The molecule has 0 saturated heterocycles. The maximum absolute atomic E-state index is 11.4. The molecule has 0 aliphatic heterocycles. The molecule has 4 atom stereocenters. The second-order valence-corrected chi connectivity index (χ2v) is 7.05. The van der Waals surface area contributed by atoms with Crippen LogP contribution in [-0.2, 0) is 9.63 Å². The molecule has 4 unspecified atom stereocenters. The lowest BCUT2D eigenvalue weighted by Crippen LogP contribution is -2.27. The van der Waals surface area contributed by atoms with Crippen molar-refractivity contribution < 1.29 is 9.63 Å². The van der Waals surface area contributed by atoms with Crippen molar-refractivity contribution in [1.29, 1.82) is 0 Å². The molecule has 0 radical (unpaired) electrons. The second-order valence-electron chi connectivity index (χ2n) is 7.05. The summed E-state index contributed by atoms with van der Waals surface area (Å²) in [6, 6.07) is -0.473. The molecule has 134 valence electrons. The van der Waals surface area contributed by atoms with Crippen LogP contribution in [0.5, 0.6) is 0 Å². The molecule has 0 aromatic rings. The van der Waals surface area contributed by atoms with E-state index in [0.717, 1.165) is 12.8 Å². The van der Waals surface area contributed by atoms with Gasteiger partial charge in [0.05, 0.1) is 6.42 Å². The Kier molecular flexibility index (Phi) is 7.63. The lowest BCUT2D eigenvalue weighted by Gasteiger charge is -2.37. The summed E-state index contributed by atoms with van der Waals surface area (Å²) in [5.41, 5.74) is 3.87. The molecule has 0 aromatic heterocycles. The predicted octanol–water partition coefficient (Wildman–Crippen LogP) is 4.30. The van der Waals surface area contributed by atoms with Crippen LogP contribution in [0.4, 0.5) is 0 Å². The molecule has 5 nitrogen and oxygen atoms in total. The molecular weight excluding hydrogens is 304 g/mol. The van der Waals surface area contributed by atoms with Crippen molar-refractivity contribution in [1.82, 2.24) is 5.48 Å². The highest BCUT2D eigenvalue weighted by Crippen LogP contribution is 2.42.